The molecule has 1 saturated carbocycles. The van der Waals surface area contributed by atoms with Crippen LogP contribution in [-0.4, -0.2) is 40.0 Å². The molecule has 0 spiro atoms. The molecule has 2 heterocycles. The lowest BCUT2D eigenvalue weighted by atomic mass is 9.84. The third kappa shape index (κ3) is 3.66. The van der Waals surface area contributed by atoms with Gasteiger partial charge in [-0.05, 0) is 51.6 Å². The minimum atomic E-state index is -0.0849. The van der Waals surface area contributed by atoms with Crippen LogP contribution in [0.5, 0.6) is 0 Å². The quantitative estimate of drug-likeness (QED) is 0.891. The molecule has 1 unspecified atom stereocenters. The first-order valence-corrected chi connectivity index (χ1v) is 8.67. The van der Waals surface area contributed by atoms with Crippen molar-refractivity contribution in [2.75, 3.05) is 13.1 Å². The normalized spacial score (nSPS) is 22.4. The molecule has 6 heteroatoms. The number of piperidine rings is 1. The molecular formula is C16H27N5O. The lowest BCUT2D eigenvalue weighted by Gasteiger charge is -2.27. The molecule has 2 N–H and O–H groups in total. The molecule has 1 saturated heterocycles. The molecule has 1 amide bonds. The van der Waals surface area contributed by atoms with Crippen molar-refractivity contribution >= 4 is 5.91 Å². The van der Waals surface area contributed by atoms with Gasteiger partial charge in [-0.2, -0.15) is 0 Å². The molecule has 122 valence electrons. The van der Waals surface area contributed by atoms with Crippen molar-refractivity contribution in [1.82, 2.24) is 25.6 Å². The SMILES string of the molecule is CC(NC(=O)c1cn(C2CCNCC2)nn1)C1CCCCC1. The van der Waals surface area contributed by atoms with Crippen molar-refractivity contribution < 1.29 is 4.79 Å². The van der Waals surface area contributed by atoms with E-state index in [0.29, 0.717) is 17.7 Å². The summed E-state index contributed by atoms with van der Waals surface area (Å²) < 4.78 is 1.86. The molecule has 2 fully saturated rings. The standard InChI is InChI=1S/C16H27N5O/c1-12(13-5-3-2-4-6-13)18-16(22)15-11-21(20-19-15)14-7-9-17-10-8-14/h11-14,17H,2-10H2,1H3,(H,18,22). The number of carbonyl (C=O) groups is 1. The van der Waals surface area contributed by atoms with E-state index in [0.717, 1.165) is 25.9 Å². The summed E-state index contributed by atoms with van der Waals surface area (Å²) in [5.74, 6) is 0.524. The molecule has 22 heavy (non-hydrogen) atoms. The van der Waals surface area contributed by atoms with Crippen LogP contribution in [0.3, 0.4) is 0 Å². The molecule has 1 aliphatic heterocycles. The van der Waals surface area contributed by atoms with E-state index in [4.69, 9.17) is 0 Å². The number of carbonyl (C=O) groups excluding carboxylic acids is 1. The Morgan fingerprint density at radius 3 is 2.73 bits per heavy atom. The van der Waals surface area contributed by atoms with Crippen LogP contribution in [0.15, 0.2) is 6.20 Å². The Morgan fingerprint density at radius 2 is 2.00 bits per heavy atom. The Balaban J connectivity index is 1.56. The molecule has 1 aromatic rings. The predicted molar refractivity (Wildman–Crippen MR) is 84.7 cm³/mol. The van der Waals surface area contributed by atoms with Crippen LogP contribution in [0.4, 0.5) is 0 Å². The highest BCUT2D eigenvalue weighted by Gasteiger charge is 2.24. The second-order valence-electron chi connectivity index (χ2n) is 6.73. The molecule has 0 bridgehead atoms. The van der Waals surface area contributed by atoms with Crippen molar-refractivity contribution in [2.24, 2.45) is 5.92 Å². The summed E-state index contributed by atoms with van der Waals surface area (Å²) in [6.45, 7) is 4.13. The van der Waals surface area contributed by atoms with Gasteiger partial charge in [0.05, 0.1) is 12.2 Å². The number of nitrogens with zero attached hydrogens (tertiary/aromatic N) is 3. The highest BCUT2D eigenvalue weighted by molar-refractivity contribution is 5.92. The van der Waals surface area contributed by atoms with Gasteiger partial charge in [0.1, 0.15) is 0 Å². The van der Waals surface area contributed by atoms with Crippen LogP contribution in [0.1, 0.15) is 68.4 Å². The lowest BCUT2D eigenvalue weighted by molar-refractivity contribution is 0.0914. The number of amides is 1. The molecule has 2 aliphatic rings. The summed E-state index contributed by atoms with van der Waals surface area (Å²) in [5.41, 5.74) is 0.446. The maximum atomic E-state index is 12.4. The van der Waals surface area contributed by atoms with Crippen LogP contribution < -0.4 is 10.6 Å². The Morgan fingerprint density at radius 1 is 1.27 bits per heavy atom. The zero-order valence-corrected chi connectivity index (χ0v) is 13.4. The van der Waals surface area contributed by atoms with E-state index in [9.17, 15) is 4.79 Å². The van der Waals surface area contributed by atoms with Gasteiger partial charge in [0.2, 0.25) is 0 Å². The van der Waals surface area contributed by atoms with Crippen LogP contribution in [0, 0.1) is 5.92 Å². The van der Waals surface area contributed by atoms with Gasteiger partial charge in [0, 0.05) is 6.04 Å². The first-order chi connectivity index (χ1) is 10.7. The second kappa shape index (κ2) is 7.22. The van der Waals surface area contributed by atoms with Crippen molar-refractivity contribution in [3.05, 3.63) is 11.9 Å². The van der Waals surface area contributed by atoms with Crippen LogP contribution >= 0.6 is 0 Å². The topological polar surface area (TPSA) is 71.8 Å². The van der Waals surface area contributed by atoms with Crippen molar-refractivity contribution in [3.8, 4) is 0 Å². The highest BCUT2D eigenvalue weighted by Crippen LogP contribution is 2.26. The summed E-state index contributed by atoms with van der Waals surface area (Å²) in [5, 5.41) is 14.7. The molecule has 1 atom stereocenters. The Kier molecular flexibility index (Phi) is 5.08. The minimum Gasteiger partial charge on any atom is -0.348 e. The third-order valence-corrected chi connectivity index (χ3v) is 5.14. The van der Waals surface area contributed by atoms with Gasteiger partial charge >= 0.3 is 0 Å². The Bertz CT molecular complexity index is 488. The Labute approximate surface area is 132 Å². The van der Waals surface area contributed by atoms with Gasteiger partial charge in [-0.25, -0.2) is 4.68 Å². The fourth-order valence-corrected chi connectivity index (χ4v) is 3.66. The number of hydrogen-bond donors (Lipinski definition) is 2. The fourth-order valence-electron chi connectivity index (χ4n) is 3.66. The van der Waals surface area contributed by atoms with Gasteiger partial charge in [0.15, 0.2) is 5.69 Å². The fraction of sp³-hybridized carbons (Fsp3) is 0.812. The minimum absolute atomic E-state index is 0.0849. The first-order valence-electron chi connectivity index (χ1n) is 8.67. The molecule has 6 nitrogen and oxygen atoms in total. The maximum absolute atomic E-state index is 12.4. The molecule has 3 rings (SSSR count). The van der Waals surface area contributed by atoms with Crippen molar-refractivity contribution in [3.63, 3.8) is 0 Å². The van der Waals surface area contributed by atoms with E-state index in [1.807, 2.05) is 4.68 Å². The van der Waals surface area contributed by atoms with Gasteiger partial charge < -0.3 is 10.6 Å². The molecule has 1 aromatic heterocycles. The smallest absolute Gasteiger partial charge is 0.273 e. The van der Waals surface area contributed by atoms with Crippen LogP contribution in [0.2, 0.25) is 0 Å². The number of nitrogens with one attached hydrogen (secondary N) is 2. The summed E-state index contributed by atoms with van der Waals surface area (Å²) >= 11 is 0. The first kappa shape index (κ1) is 15.5. The van der Waals surface area contributed by atoms with E-state index < -0.39 is 0 Å². The lowest BCUT2D eigenvalue weighted by Crippen LogP contribution is -2.39. The largest absolute Gasteiger partial charge is 0.348 e. The molecular weight excluding hydrogens is 278 g/mol. The van der Waals surface area contributed by atoms with Crippen LogP contribution in [0.25, 0.3) is 0 Å². The van der Waals surface area contributed by atoms with E-state index in [2.05, 4.69) is 27.9 Å². The Hall–Kier alpha value is -1.43. The zero-order chi connectivity index (χ0) is 15.4. The van der Waals surface area contributed by atoms with Gasteiger partial charge in [0.25, 0.3) is 5.91 Å². The van der Waals surface area contributed by atoms with Gasteiger partial charge in [-0.3, -0.25) is 4.79 Å². The summed E-state index contributed by atoms with van der Waals surface area (Å²) in [4.78, 5) is 12.4. The van der Waals surface area contributed by atoms with E-state index in [1.165, 1.54) is 32.1 Å². The predicted octanol–water partition coefficient (Wildman–Crippen LogP) is 1.90. The highest BCUT2D eigenvalue weighted by atomic mass is 16.2. The average Bonchev–Trinajstić information content (AvgIpc) is 3.06. The average molecular weight is 305 g/mol. The van der Waals surface area contributed by atoms with Gasteiger partial charge in [-0.1, -0.05) is 24.5 Å². The summed E-state index contributed by atoms with van der Waals surface area (Å²) in [6, 6.07) is 0.586. The van der Waals surface area contributed by atoms with Crippen molar-refractivity contribution in [1.29, 1.82) is 0 Å². The van der Waals surface area contributed by atoms with Crippen molar-refractivity contribution in [2.45, 2.75) is 64.0 Å². The van der Waals surface area contributed by atoms with E-state index in [-0.39, 0.29) is 11.9 Å². The van der Waals surface area contributed by atoms with Crippen LogP contribution in [-0.2, 0) is 0 Å². The number of rotatable bonds is 4. The summed E-state index contributed by atoms with van der Waals surface area (Å²) in [7, 11) is 0. The monoisotopic (exact) mass is 305 g/mol. The molecule has 1 aliphatic carbocycles. The zero-order valence-electron chi connectivity index (χ0n) is 13.4. The number of hydrogen-bond acceptors (Lipinski definition) is 4. The molecule has 0 aromatic carbocycles. The third-order valence-electron chi connectivity index (χ3n) is 5.14. The maximum Gasteiger partial charge on any atom is 0.273 e. The summed E-state index contributed by atoms with van der Waals surface area (Å²) in [6.07, 6.45) is 10.3. The second-order valence-corrected chi connectivity index (χ2v) is 6.73. The van der Waals surface area contributed by atoms with E-state index >= 15 is 0 Å². The molecule has 0 radical (unpaired) electrons. The van der Waals surface area contributed by atoms with Gasteiger partial charge in [-0.15, -0.1) is 5.10 Å². The number of aromatic nitrogens is 3. The van der Waals surface area contributed by atoms with E-state index in [1.54, 1.807) is 6.20 Å².